The number of rotatable bonds is 7. The Morgan fingerprint density at radius 2 is 2.07 bits per heavy atom. The van der Waals surface area contributed by atoms with E-state index in [0.29, 0.717) is 11.6 Å². The summed E-state index contributed by atoms with van der Waals surface area (Å²) >= 11 is 1.54. The largest absolute Gasteiger partial charge is 0.379 e. The highest BCUT2D eigenvalue weighted by Crippen LogP contribution is 2.30. The number of benzene rings is 1. The molecule has 1 unspecified atom stereocenters. The quantitative estimate of drug-likeness (QED) is 0.617. The highest BCUT2D eigenvalue weighted by molar-refractivity contribution is 7.18. The van der Waals surface area contributed by atoms with Gasteiger partial charge in [0.15, 0.2) is 0 Å². The van der Waals surface area contributed by atoms with Crippen LogP contribution in [0.25, 0.3) is 10.2 Å². The average Bonchev–Trinajstić information content (AvgIpc) is 3.17. The molecule has 2 aromatic heterocycles. The van der Waals surface area contributed by atoms with Gasteiger partial charge in [0.25, 0.3) is 0 Å². The van der Waals surface area contributed by atoms with Gasteiger partial charge in [-0.3, -0.25) is 4.90 Å². The fourth-order valence-corrected chi connectivity index (χ4v) is 4.23. The molecule has 1 aliphatic heterocycles. The Morgan fingerprint density at radius 3 is 2.89 bits per heavy atom. The van der Waals surface area contributed by atoms with Crippen molar-refractivity contribution in [2.45, 2.75) is 12.3 Å². The van der Waals surface area contributed by atoms with E-state index in [2.05, 4.69) is 31.2 Å². The Morgan fingerprint density at radius 1 is 1.21 bits per heavy atom. The van der Waals surface area contributed by atoms with Crippen molar-refractivity contribution in [1.82, 2.24) is 19.9 Å². The van der Waals surface area contributed by atoms with Crippen molar-refractivity contribution >= 4 is 27.5 Å². The van der Waals surface area contributed by atoms with Crippen LogP contribution in [0.4, 0.5) is 5.95 Å². The summed E-state index contributed by atoms with van der Waals surface area (Å²) in [6.07, 6.45) is 2.71. The van der Waals surface area contributed by atoms with Crippen molar-refractivity contribution in [2.75, 3.05) is 44.7 Å². The van der Waals surface area contributed by atoms with Crippen LogP contribution in [0.15, 0.2) is 36.5 Å². The van der Waals surface area contributed by atoms with Gasteiger partial charge in [-0.05, 0) is 31.2 Å². The third kappa shape index (κ3) is 4.44. The average molecular weight is 395 g/mol. The maximum absolute atomic E-state index is 9.73. The Kier molecular flexibility index (Phi) is 6.07. The monoisotopic (exact) mass is 394 g/mol. The Hall–Kier alpha value is -2.60. The van der Waals surface area contributed by atoms with Gasteiger partial charge in [-0.1, -0.05) is 12.1 Å². The highest BCUT2D eigenvalue weighted by Gasteiger charge is 2.20. The zero-order valence-corrected chi connectivity index (χ0v) is 16.4. The lowest BCUT2D eigenvalue weighted by Crippen LogP contribution is -2.37. The van der Waals surface area contributed by atoms with Crippen LogP contribution in [0.3, 0.4) is 0 Å². The number of hydrogen-bond donors (Lipinski definition) is 1. The molecule has 0 amide bonds. The summed E-state index contributed by atoms with van der Waals surface area (Å²) in [4.78, 5) is 15.9. The number of ether oxygens (including phenoxy) is 1. The van der Waals surface area contributed by atoms with Crippen molar-refractivity contribution in [2.24, 2.45) is 0 Å². The predicted molar refractivity (Wildman–Crippen MR) is 109 cm³/mol. The molecule has 0 bridgehead atoms. The van der Waals surface area contributed by atoms with Gasteiger partial charge >= 0.3 is 0 Å². The maximum atomic E-state index is 9.73. The van der Waals surface area contributed by atoms with Crippen LogP contribution in [0.5, 0.6) is 0 Å². The van der Waals surface area contributed by atoms with E-state index in [4.69, 9.17) is 4.74 Å². The first-order valence-corrected chi connectivity index (χ1v) is 10.3. The highest BCUT2D eigenvalue weighted by atomic mass is 32.1. The Balaban J connectivity index is 1.39. The molecule has 1 N–H and O–H groups in total. The smallest absolute Gasteiger partial charge is 0.222 e. The van der Waals surface area contributed by atoms with Crippen LogP contribution >= 0.6 is 11.3 Å². The summed E-state index contributed by atoms with van der Waals surface area (Å²) in [6.45, 7) is 5.46. The van der Waals surface area contributed by atoms with Crippen LogP contribution in [-0.4, -0.2) is 59.2 Å². The molecule has 1 atom stereocenters. The van der Waals surface area contributed by atoms with Crippen molar-refractivity contribution in [3.8, 4) is 6.07 Å². The third-order valence-electron chi connectivity index (χ3n) is 4.70. The molecule has 144 valence electrons. The minimum atomic E-state index is -0.491. The normalized spacial score (nSPS) is 16.0. The topological polar surface area (TPSA) is 87.0 Å². The van der Waals surface area contributed by atoms with Gasteiger partial charge < -0.3 is 10.1 Å². The van der Waals surface area contributed by atoms with Crippen molar-refractivity contribution < 1.29 is 4.74 Å². The fraction of sp³-hybridized carbons (Fsp3) is 0.400. The standard InChI is InChI=1S/C20H22N6OS/c21-14-15(19-24-17-4-1-2-5-18(17)28-19)16-6-8-23-20(25-16)22-7-3-9-26-10-12-27-13-11-26/h1-2,4-6,8,15H,3,7,9-13H2,(H,22,23,25). The maximum Gasteiger partial charge on any atom is 0.222 e. The van der Waals surface area contributed by atoms with E-state index in [1.165, 1.54) is 11.3 Å². The Labute approximate surface area is 168 Å². The molecular weight excluding hydrogens is 372 g/mol. The second-order valence-corrected chi connectivity index (χ2v) is 7.68. The summed E-state index contributed by atoms with van der Waals surface area (Å²) in [5.41, 5.74) is 1.59. The van der Waals surface area contributed by atoms with Crippen molar-refractivity contribution in [3.63, 3.8) is 0 Å². The molecule has 1 saturated heterocycles. The van der Waals surface area contributed by atoms with Crippen molar-refractivity contribution in [3.05, 3.63) is 47.2 Å². The SMILES string of the molecule is N#CC(c1ccnc(NCCCN2CCOCC2)n1)c1nc2ccccc2s1. The number of morpholine rings is 1. The molecule has 0 radical (unpaired) electrons. The first-order chi connectivity index (χ1) is 13.8. The number of nitrogens with one attached hydrogen (secondary N) is 1. The number of nitrogens with zero attached hydrogens (tertiary/aromatic N) is 5. The first-order valence-electron chi connectivity index (χ1n) is 9.45. The summed E-state index contributed by atoms with van der Waals surface area (Å²) in [6, 6.07) is 12.1. The lowest BCUT2D eigenvalue weighted by atomic mass is 10.1. The van der Waals surface area contributed by atoms with Gasteiger partial charge in [0.05, 0.1) is 35.2 Å². The minimum Gasteiger partial charge on any atom is -0.379 e. The van der Waals surface area contributed by atoms with E-state index < -0.39 is 5.92 Å². The lowest BCUT2D eigenvalue weighted by molar-refractivity contribution is 0.0378. The summed E-state index contributed by atoms with van der Waals surface area (Å²) < 4.78 is 6.45. The predicted octanol–water partition coefficient (Wildman–Crippen LogP) is 2.88. The third-order valence-corrected chi connectivity index (χ3v) is 5.80. The second kappa shape index (κ2) is 9.06. The second-order valence-electron chi connectivity index (χ2n) is 6.62. The van der Waals surface area contributed by atoms with Crippen molar-refractivity contribution in [1.29, 1.82) is 5.26 Å². The number of anilines is 1. The van der Waals surface area contributed by atoms with Gasteiger partial charge in [0.2, 0.25) is 5.95 Å². The molecule has 0 saturated carbocycles. The molecule has 7 nitrogen and oxygen atoms in total. The molecule has 4 rings (SSSR count). The minimum absolute atomic E-state index is 0.491. The molecule has 1 fully saturated rings. The molecule has 3 aromatic rings. The summed E-state index contributed by atoms with van der Waals surface area (Å²) in [7, 11) is 0. The molecule has 0 spiro atoms. The van der Waals surface area contributed by atoms with Crippen LogP contribution in [0.2, 0.25) is 0 Å². The first kappa shape index (κ1) is 18.7. The van der Waals surface area contributed by atoms with E-state index in [1.54, 1.807) is 12.3 Å². The summed E-state index contributed by atoms with van der Waals surface area (Å²) in [5, 5.41) is 13.8. The van der Waals surface area contributed by atoms with Gasteiger partial charge in [0.1, 0.15) is 10.9 Å². The number of para-hydroxylation sites is 1. The van der Waals surface area contributed by atoms with E-state index in [1.807, 2.05) is 24.3 Å². The number of aromatic nitrogens is 3. The van der Waals surface area contributed by atoms with E-state index >= 15 is 0 Å². The molecule has 28 heavy (non-hydrogen) atoms. The number of hydrogen-bond acceptors (Lipinski definition) is 8. The zero-order valence-electron chi connectivity index (χ0n) is 15.5. The van der Waals surface area contributed by atoms with Crippen LogP contribution in [0, 0.1) is 11.3 Å². The van der Waals surface area contributed by atoms with Crippen LogP contribution in [-0.2, 0) is 4.74 Å². The van der Waals surface area contributed by atoms with E-state index in [-0.39, 0.29) is 0 Å². The molecule has 1 aromatic carbocycles. The fourth-order valence-electron chi connectivity index (χ4n) is 3.21. The molecular formula is C20H22N6OS. The molecule has 1 aliphatic rings. The van der Waals surface area contributed by atoms with E-state index in [9.17, 15) is 5.26 Å². The number of nitriles is 1. The Bertz CT molecular complexity index is 929. The van der Waals surface area contributed by atoms with Gasteiger partial charge in [0, 0.05) is 25.8 Å². The molecule has 3 heterocycles. The zero-order chi connectivity index (χ0) is 19.2. The van der Waals surface area contributed by atoms with Crippen LogP contribution < -0.4 is 5.32 Å². The summed E-state index contributed by atoms with van der Waals surface area (Å²) in [5.74, 6) is 0.0649. The molecule has 8 heteroatoms. The van der Waals surface area contributed by atoms with E-state index in [0.717, 1.165) is 61.0 Å². The lowest BCUT2D eigenvalue weighted by Gasteiger charge is -2.26. The molecule has 0 aliphatic carbocycles. The van der Waals surface area contributed by atoms with Gasteiger partial charge in [-0.15, -0.1) is 11.3 Å². The number of thiazole rings is 1. The number of fused-ring (bicyclic) bond motifs is 1. The van der Waals surface area contributed by atoms with Gasteiger partial charge in [-0.2, -0.15) is 5.26 Å². The van der Waals surface area contributed by atoms with Gasteiger partial charge in [-0.25, -0.2) is 15.0 Å². The van der Waals surface area contributed by atoms with Crippen LogP contribution in [0.1, 0.15) is 23.0 Å².